The van der Waals surface area contributed by atoms with Crippen LogP contribution in [0, 0.1) is 0 Å². The molecule has 0 unspecified atom stereocenters. The van der Waals surface area contributed by atoms with E-state index in [0.29, 0.717) is 6.61 Å². The van der Waals surface area contributed by atoms with Crippen LogP contribution in [0.2, 0.25) is 0 Å². The molecule has 2 heteroatoms. The van der Waals surface area contributed by atoms with Gasteiger partial charge in [0.2, 0.25) is 0 Å². The van der Waals surface area contributed by atoms with Crippen molar-refractivity contribution in [3.63, 3.8) is 0 Å². The van der Waals surface area contributed by atoms with Crippen LogP contribution >= 0.6 is 0 Å². The molecule has 0 fully saturated rings. The van der Waals surface area contributed by atoms with E-state index in [0.717, 1.165) is 28.4 Å². The molecule has 2 nitrogen and oxygen atoms in total. The van der Waals surface area contributed by atoms with Crippen molar-refractivity contribution >= 4 is 17.1 Å². The van der Waals surface area contributed by atoms with Gasteiger partial charge in [0, 0.05) is 22.6 Å². The second-order valence-electron chi connectivity index (χ2n) is 11.4. The molecule has 1 aliphatic heterocycles. The summed E-state index contributed by atoms with van der Waals surface area (Å²) in [5, 5.41) is 0. The molecule has 7 aromatic rings. The Kier molecular flexibility index (Phi) is 6.94. The summed E-state index contributed by atoms with van der Waals surface area (Å²) in [7, 11) is 0. The van der Waals surface area contributed by atoms with Crippen LogP contribution in [0.5, 0.6) is 5.75 Å². The first-order valence-corrected chi connectivity index (χ1v) is 15.4. The van der Waals surface area contributed by atoms with Crippen LogP contribution < -0.4 is 9.64 Å². The highest BCUT2D eigenvalue weighted by molar-refractivity contribution is 5.84. The van der Waals surface area contributed by atoms with E-state index in [4.69, 9.17) is 4.74 Å². The topological polar surface area (TPSA) is 12.5 Å². The lowest BCUT2D eigenvalue weighted by Crippen LogP contribution is -2.10. The van der Waals surface area contributed by atoms with Gasteiger partial charge in [-0.05, 0) is 93.0 Å². The van der Waals surface area contributed by atoms with Crippen LogP contribution in [0.15, 0.2) is 176 Å². The minimum absolute atomic E-state index is 0.603. The largest absolute Gasteiger partial charge is 0.488 e. The molecule has 7 aromatic carbocycles. The lowest BCUT2D eigenvalue weighted by Gasteiger charge is -2.26. The highest BCUT2D eigenvalue weighted by Crippen LogP contribution is 2.41. The quantitative estimate of drug-likeness (QED) is 0.195. The minimum Gasteiger partial charge on any atom is -0.488 e. The third-order valence-electron chi connectivity index (χ3n) is 8.57. The molecule has 0 saturated heterocycles. The van der Waals surface area contributed by atoms with Crippen molar-refractivity contribution in [3.8, 4) is 50.3 Å². The molecule has 0 atom stereocenters. The van der Waals surface area contributed by atoms with Crippen molar-refractivity contribution in [1.29, 1.82) is 0 Å². The van der Waals surface area contributed by atoms with E-state index in [9.17, 15) is 0 Å². The number of para-hydroxylation sites is 1. The summed E-state index contributed by atoms with van der Waals surface area (Å²) in [5.41, 5.74) is 14.1. The number of ether oxygens (including phenoxy) is 1. The number of hydrogen-bond donors (Lipinski definition) is 0. The molecule has 0 spiro atoms. The van der Waals surface area contributed by atoms with Crippen molar-refractivity contribution < 1.29 is 4.74 Å². The molecule has 0 aliphatic carbocycles. The van der Waals surface area contributed by atoms with Gasteiger partial charge in [0.15, 0.2) is 0 Å². The van der Waals surface area contributed by atoms with Gasteiger partial charge in [-0.2, -0.15) is 0 Å². The molecular weight excluding hydrogens is 546 g/mol. The Morgan fingerprint density at radius 2 is 0.867 bits per heavy atom. The van der Waals surface area contributed by atoms with E-state index < -0.39 is 0 Å². The van der Waals surface area contributed by atoms with Crippen LogP contribution in [-0.2, 0) is 6.61 Å². The molecule has 0 N–H and O–H groups in total. The van der Waals surface area contributed by atoms with Crippen LogP contribution in [0.25, 0.3) is 44.5 Å². The first-order chi connectivity index (χ1) is 22.3. The summed E-state index contributed by atoms with van der Waals surface area (Å²) < 4.78 is 5.99. The summed E-state index contributed by atoms with van der Waals surface area (Å²) >= 11 is 0. The number of nitrogens with zero attached hydrogens (tertiary/aromatic N) is 1. The Labute approximate surface area is 264 Å². The van der Waals surface area contributed by atoms with Crippen molar-refractivity contribution in [2.24, 2.45) is 0 Å². The normalized spacial score (nSPS) is 11.6. The van der Waals surface area contributed by atoms with Gasteiger partial charge in [-0.3, -0.25) is 0 Å². The first kappa shape index (κ1) is 26.7. The molecule has 45 heavy (non-hydrogen) atoms. The second kappa shape index (κ2) is 11.7. The van der Waals surface area contributed by atoms with Crippen LogP contribution in [0.1, 0.15) is 5.56 Å². The summed E-state index contributed by atoms with van der Waals surface area (Å²) in [6.07, 6.45) is 0. The second-order valence-corrected chi connectivity index (χ2v) is 11.4. The Balaban J connectivity index is 1.18. The average molecular weight is 578 g/mol. The fourth-order valence-electron chi connectivity index (χ4n) is 6.24. The highest BCUT2D eigenvalue weighted by atomic mass is 16.5. The maximum atomic E-state index is 5.99. The number of anilines is 3. The minimum atomic E-state index is 0.603. The van der Waals surface area contributed by atoms with E-state index in [-0.39, 0.29) is 0 Å². The molecule has 1 aliphatic rings. The zero-order valence-electron chi connectivity index (χ0n) is 24.8. The summed E-state index contributed by atoms with van der Waals surface area (Å²) in [6, 6.07) is 62.7. The van der Waals surface area contributed by atoms with E-state index in [1.54, 1.807) is 0 Å². The fraction of sp³-hybridized carbons (Fsp3) is 0.0233. The van der Waals surface area contributed by atoms with Crippen molar-refractivity contribution in [1.82, 2.24) is 0 Å². The molecule has 0 aromatic heterocycles. The monoisotopic (exact) mass is 577 g/mol. The Morgan fingerprint density at radius 3 is 1.56 bits per heavy atom. The van der Waals surface area contributed by atoms with Gasteiger partial charge in [-0.25, -0.2) is 0 Å². The molecule has 0 saturated carbocycles. The van der Waals surface area contributed by atoms with E-state index in [1.807, 2.05) is 12.1 Å². The predicted molar refractivity (Wildman–Crippen MR) is 187 cm³/mol. The van der Waals surface area contributed by atoms with Gasteiger partial charge in [-0.1, -0.05) is 127 Å². The smallest absolute Gasteiger partial charge is 0.127 e. The molecular formula is C43H31NO. The SMILES string of the molecule is c1ccc(-c2ccc(N(c3ccc(-c4ccc5c(c4)-c4ccccc4OC5)cc3)c3cccc(-c4ccccc4)c3)cc2)cc1. The average Bonchev–Trinajstić information content (AvgIpc) is 3.13. The molecule has 214 valence electrons. The van der Waals surface area contributed by atoms with Crippen molar-refractivity contribution in [3.05, 3.63) is 181 Å². The van der Waals surface area contributed by atoms with Crippen LogP contribution in [-0.4, -0.2) is 0 Å². The van der Waals surface area contributed by atoms with Gasteiger partial charge in [0.1, 0.15) is 12.4 Å². The summed E-state index contributed by atoms with van der Waals surface area (Å²) in [4.78, 5) is 2.34. The summed E-state index contributed by atoms with van der Waals surface area (Å²) in [5.74, 6) is 0.948. The number of rotatable bonds is 6. The third kappa shape index (κ3) is 5.28. The lowest BCUT2D eigenvalue weighted by molar-refractivity contribution is 0.302. The zero-order valence-corrected chi connectivity index (χ0v) is 24.8. The van der Waals surface area contributed by atoms with Gasteiger partial charge in [-0.15, -0.1) is 0 Å². The maximum absolute atomic E-state index is 5.99. The summed E-state index contributed by atoms with van der Waals surface area (Å²) in [6.45, 7) is 0.603. The van der Waals surface area contributed by atoms with E-state index in [1.165, 1.54) is 44.5 Å². The van der Waals surface area contributed by atoms with Crippen LogP contribution in [0.4, 0.5) is 17.1 Å². The number of fused-ring (bicyclic) bond motifs is 3. The van der Waals surface area contributed by atoms with E-state index in [2.05, 4.69) is 169 Å². The molecule has 0 amide bonds. The first-order valence-electron chi connectivity index (χ1n) is 15.4. The molecule has 8 rings (SSSR count). The molecule has 0 radical (unpaired) electrons. The van der Waals surface area contributed by atoms with E-state index >= 15 is 0 Å². The van der Waals surface area contributed by atoms with Crippen molar-refractivity contribution in [2.75, 3.05) is 4.90 Å². The Hall–Kier alpha value is -5.86. The standard InChI is InChI=1S/C43H31NO/c1-3-10-31(11-4-1)33-20-24-38(25-21-33)44(40-15-9-14-35(28-40)32-12-5-2-6-13-32)39-26-22-34(23-27-39)36-18-19-37-30-45-43-17-8-7-16-41(43)42(37)29-36/h1-29H,30H2. The molecule has 0 bridgehead atoms. The van der Waals surface area contributed by atoms with Crippen molar-refractivity contribution in [2.45, 2.75) is 6.61 Å². The van der Waals surface area contributed by atoms with Gasteiger partial charge in [0.05, 0.1) is 0 Å². The Bertz CT molecular complexity index is 2080. The lowest BCUT2D eigenvalue weighted by atomic mass is 9.93. The van der Waals surface area contributed by atoms with Crippen LogP contribution in [0.3, 0.4) is 0 Å². The predicted octanol–water partition coefficient (Wildman–Crippen LogP) is 11.7. The fourth-order valence-corrected chi connectivity index (χ4v) is 6.24. The molecule has 1 heterocycles. The number of hydrogen-bond acceptors (Lipinski definition) is 2. The third-order valence-corrected chi connectivity index (χ3v) is 8.57. The van der Waals surface area contributed by atoms with Gasteiger partial charge >= 0.3 is 0 Å². The Morgan fingerprint density at radius 1 is 0.356 bits per heavy atom. The zero-order chi connectivity index (χ0) is 30.0. The highest BCUT2D eigenvalue weighted by Gasteiger charge is 2.18. The van der Waals surface area contributed by atoms with Gasteiger partial charge in [0.25, 0.3) is 0 Å². The maximum Gasteiger partial charge on any atom is 0.127 e. The number of benzene rings is 7. The van der Waals surface area contributed by atoms with Gasteiger partial charge < -0.3 is 9.64 Å².